The minimum Gasteiger partial charge on any atom is -0.319 e. The number of thiazole rings is 1. The minimum atomic E-state index is -3.16. The molecule has 0 saturated carbocycles. The summed E-state index contributed by atoms with van der Waals surface area (Å²) in [5.41, 5.74) is 2.47. The Balaban J connectivity index is 1.55. The van der Waals surface area contributed by atoms with Crippen LogP contribution in [0.2, 0.25) is 0 Å². The van der Waals surface area contributed by atoms with E-state index in [1.54, 1.807) is 0 Å². The molecular weight excluding hydrogens is 424 g/mol. The van der Waals surface area contributed by atoms with Crippen molar-refractivity contribution in [3.8, 4) is 0 Å². The Bertz CT molecular complexity index is 1180. The Morgan fingerprint density at radius 1 is 1.27 bits per heavy atom. The number of hydrazone groups is 1. The van der Waals surface area contributed by atoms with Gasteiger partial charge in [0, 0.05) is 31.0 Å². The molecule has 158 valence electrons. The minimum absolute atomic E-state index is 0.0405. The monoisotopic (exact) mass is 446 g/mol. The third kappa shape index (κ3) is 4.59. The van der Waals surface area contributed by atoms with Gasteiger partial charge in [0.05, 0.1) is 17.5 Å². The highest BCUT2D eigenvalue weighted by Crippen LogP contribution is 2.22. The lowest BCUT2D eigenvalue weighted by Gasteiger charge is -2.27. The first-order valence-corrected chi connectivity index (χ1v) is 12.4. The second-order valence-corrected chi connectivity index (χ2v) is 10.7. The second-order valence-electron chi connectivity index (χ2n) is 7.56. The van der Waals surface area contributed by atoms with Gasteiger partial charge in [-0.25, -0.2) is 13.4 Å². The van der Waals surface area contributed by atoms with E-state index < -0.39 is 21.8 Å². The molecule has 1 aromatic carbocycles. The molecular formula is C20H22N4O4S2. The summed E-state index contributed by atoms with van der Waals surface area (Å²) in [5.74, 6) is -0.811. The summed E-state index contributed by atoms with van der Waals surface area (Å²) < 4.78 is 25.4. The van der Waals surface area contributed by atoms with Crippen molar-refractivity contribution in [2.45, 2.75) is 38.8 Å². The molecule has 0 bridgehead atoms. The molecule has 1 fully saturated rings. The summed E-state index contributed by atoms with van der Waals surface area (Å²) >= 11 is 1.35. The highest BCUT2D eigenvalue weighted by atomic mass is 32.2. The van der Waals surface area contributed by atoms with E-state index in [-0.39, 0.29) is 36.0 Å². The third-order valence-electron chi connectivity index (χ3n) is 5.19. The van der Waals surface area contributed by atoms with Crippen LogP contribution in [0.5, 0.6) is 0 Å². The Morgan fingerprint density at radius 2 is 2.03 bits per heavy atom. The molecule has 4 rings (SSSR count). The molecule has 0 radical (unpaired) electrons. The molecule has 1 saturated heterocycles. The zero-order valence-corrected chi connectivity index (χ0v) is 18.2. The van der Waals surface area contributed by atoms with E-state index in [4.69, 9.17) is 0 Å². The van der Waals surface area contributed by atoms with Gasteiger partial charge in [-0.3, -0.25) is 9.59 Å². The van der Waals surface area contributed by atoms with E-state index in [1.807, 2.05) is 47.3 Å². The van der Waals surface area contributed by atoms with Gasteiger partial charge < -0.3 is 4.57 Å². The van der Waals surface area contributed by atoms with E-state index in [0.29, 0.717) is 17.8 Å². The number of hydrogen-bond donors (Lipinski definition) is 0. The van der Waals surface area contributed by atoms with Crippen LogP contribution >= 0.6 is 11.3 Å². The Morgan fingerprint density at radius 3 is 2.73 bits per heavy atom. The smallest absolute Gasteiger partial charge is 0.295 e. The first kappa shape index (κ1) is 20.7. The molecule has 1 aromatic heterocycles. The first-order valence-electron chi connectivity index (χ1n) is 9.69. The Kier molecular flexibility index (Phi) is 5.70. The predicted molar refractivity (Wildman–Crippen MR) is 114 cm³/mol. The summed E-state index contributed by atoms with van der Waals surface area (Å²) in [5, 5.41) is 7.25. The van der Waals surface area contributed by atoms with Crippen molar-refractivity contribution < 1.29 is 18.0 Å². The van der Waals surface area contributed by atoms with Crippen LogP contribution in [0.25, 0.3) is 0 Å². The molecule has 3 heterocycles. The topological polar surface area (TPSA) is 101 Å². The number of carbonyl (C=O) groups excluding carboxylic acids is 2. The van der Waals surface area contributed by atoms with Crippen molar-refractivity contribution in [2.24, 2.45) is 10.1 Å². The van der Waals surface area contributed by atoms with Crippen LogP contribution in [0.15, 0.2) is 45.9 Å². The maximum atomic E-state index is 12.7. The average molecular weight is 447 g/mol. The number of carbonyl (C=O) groups is 2. The summed E-state index contributed by atoms with van der Waals surface area (Å²) in [4.78, 5) is 29.8. The largest absolute Gasteiger partial charge is 0.319 e. The maximum absolute atomic E-state index is 12.7. The number of benzene rings is 1. The fourth-order valence-corrected chi connectivity index (χ4v) is 5.95. The van der Waals surface area contributed by atoms with Gasteiger partial charge in [0.25, 0.3) is 5.91 Å². The quantitative estimate of drug-likeness (QED) is 0.710. The van der Waals surface area contributed by atoms with Crippen LogP contribution in [0.4, 0.5) is 0 Å². The maximum Gasteiger partial charge on any atom is 0.295 e. The lowest BCUT2D eigenvalue weighted by molar-refractivity contribution is -0.133. The molecule has 0 N–H and O–H groups in total. The molecule has 2 aliphatic rings. The van der Waals surface area contributed by atoms with E-state index in [9.17, 15) is 18.0 Å². The van der Waals surface area contributed by atoms with Gasteiger partial charge in [-0.2, -0.15) is 10.1 Å². The van der Waals surface area contributed by atoms with Crippen LogP contribution in [0.1, 0.15) is 30.4 Å². The van der Waals surface area contributed by atoms with E-state index in [1.165, 1.54) is 21.9 Å². The van der Waals surface area contributed by atoms with E-state index in [0.717, 1.165) is 5.56 Å². The molecule has 1 atom stereocenters. The summed E-state index contributed by atoms with van der Waals surface area (Å²) in [6, 6.07) is 7.65. The van der Waals surface area contributed by atoms with Gasteiger partial charge in [0.15, 0.2) is 14.6 Å². The molecule has 2 amide bonds. The summed E-state index contributed by atoms with van der Waals surface area (Å²) in [7, 11) is -3.16. The Hall–Kier alpha value is -2.59. The van der Waals surface area contributed by atoms with Gasteiger partial charge in [-0.05, 0) is 18.9 Å². The van der Waals surface area contributed by atoms with Gasteiger partial charge in [0.1, 0.15) is 5.71 Å². The van der Waals surface area contributed by atoms with Crippen LogP contribution in [0.3, 0.4) is 0 Å². The van der Waals surface area contributed by atoms with E-state index >= 15 is 0 Å². The molecule has 2 aliphatic heterocycles. The van der Waals surface area contributed by atoms with Gasteiger partial charge in [-0.15, -0.1) is 11.3 Å². The summed E-state index contributed by atoms with van der Waals surface area (Å²) in [6.45, 7) is 2.62. The normalized spacial score (nSPS) is 21.7. The van der Waals surface area contributed by atoms with Crippen molar-refractivity contribution in [1.82, 2.24) is 9.58 Å². The van der Waals surface area contributed by atoms with E-state index in [2.05, 4.69) is 10.1 Å². The van der Waals surface area contributed by atoms with Crippen LogP contribution in [-0.2, 0) is 26.0 Å². The molecule has 30 heavy (non-hydrogen) atoms. The fourth-order valence-electron chi connectivity index (χ4n) is 3.53. The molecule has 0 aliphatic carbocycles. The van der Waals surface area contributed by atoms with Crippen LogP contribution in [-0.4, -0.2) is 53.1 Å². The zero-order valence-electron chi connectivity index (χ0n) is 16.5. The average Bonchev–Trinajstić information content (AvgIpc) is 3.29. The second kappa shape index (κ2) is 8.27. The van der Waals surface area contributed by atoms with Crippen molar-refractivity contribution in [1.29, 1.82) is 0 Å². The van der Waals surface area contributed by atoms with Crippen molar-refractivity contribution in [3.63, 3.8) is 0 Å². The van der Waals surface area contributed by atoms with Crippen LogP contribution in [0, 0.1) is 6.92 Å². The van der Waals surface area contributed by atoms with Crippen molar-refractivity contribution >= 4 is 38.7 Å². The summed E-state index contributed by atoms with van der Waals surface area (Å²) in [6.07, 6.45) is 2.56. The molecule has 10 heteroatoms. The number of hydrogen-bond acceptors (Lipinski definition) is 6. The number of aryl methyl sites for hydroxylation is 1. The van der Waals surface area contributed by atoms with Gasteiger partial charge in [-0.1, -0.05) is 29.8 Å². The van der Waals surface area contributed by atoms with Crippen molar-refractivity contribution in [3.05, 3.63) is 51.8 Å². The molecule has 2 aromatic rings. The van der Waals surface area contributed by atoms with Gasteiger partial charge in [0.2, 0.25) is 5.91 Å². The number of nitrogens with zero attached hydrogens (tertiary/aromatic N) is 4. The molecule has 8 nitrogen and oxygen atoms in total. The highest BCUT2D eigenvalue weighted by Gasteiger charge is 2.37. The van der Waals surface area contributed by atoms with Crippen molar-refractivity contribution in [2.75, 3.05) is 11.5 Å². The fraction of sp³-hybridized carbons (Fsp3) is 0.400. The Labute approximate surface area is 178 Å². The lowest BCUT2D eigenvalue weighted by atomic mass is 10.1. The lowest BCUT2D eigenvalue weighted by Crippen LogP contribution is -2.41. The third-order valence-corrected chi connectivity index (χ3v) is 7.74. The molecule has 1 unspecified atom stereocenters. The zero-order chi connectivity index (χ0) is 21.3. The number of rotatable bonds is 4. The highest BCUT2D eigenvalue weighted by molar-refractivity contribution is 7.91. The number of sulfone groups is 1. The van der Waals surface area contributed by atoms with Gasteiger partial charge >= 0.3 is 0 Å². The predicted octanol–water partition coefficient (Wildman–Crippen LogP) is 1.50. The molecule has 0 spiro atoms. The number of amides is 2. The standard InChI is InChI=1S/C20H22N4O4S2/c1-14-2-4-15(5-3-14)12-23-9-10-29-20(23)21-19(26)17-6-7-18(25)24(22-17)16-8-11-30(27,28)13-16/h2-5,9-10,16H,6-8,11-13H2,1H3. The first-order chi connectivity index (χ1) is 14.3. The SMILES string of the molecule is Cc1ccc(Cn2ccsc2=NC(=O)C2=NN(C3CCS(=O)(=O)C3)C(=O)CC2)cc1. The van der Waals surface area contributed by atoms with Crippen LogP contribution < -0.4 is 4.80 Å². The number of aromatic nitrogens is 1.